The topological polar surface area (TPSA) is 96.2 Å². The van der Waals surface area contributed by atoms with Crippen molar-refractivity contribution in [3.8, 4) is 0 Å². The Kier molecular flexibility index (Phi) is 5.90. The number of hydrogen-bond acceptors (Lipinski definition) is 8. The zero-order valence-electron chi connectivity index (χ0n) is 15.9. The number of rotatable bonds is 5. The predicted octanol–water partition coefficient (Wildman–Crippen LogP) is 3.01. The van der Waals surface area contributed by atoms with Crippen LogP contribution in [-0.2, 0) is 25.8 Å². The monoisotopic (exact) mass is 380 g/mol. The number of fused-ring (bicyclic) bond motifs is 1. The van der Waals surface area contributed by atoms with Gasteiger partial charge in [-0.15, -0.1) is 0 Å². The maximum Gasteiger partial charge on any atom is 0.312 e. The largest absolute Gasteiger partial charge is 0.454 e. The number of imidazole rings is 1. The Morgan fingerprint density at radius 3 is 2.23 bits per heavy atom. The van der Waals surface area contributed by atoms with Crippen LogP contribution in [0, 0.1) is 10.8 Å². The van der Waals surface area contributed by atoms with Crippen LogP contribution in [0.4, 0.5) is 0 Å². The summed E-state index contributed by atoms with van der Waals surface area (Å²) in [6.07, 6.45) is 2.94. The molecule has 26 heavy (non-hydrogen) atoms. The van der Waals surface area contributed by atoms with Gasteiger partial charge in [-0.2, -0.15) is 0 Å². The van der Waals surface area contributed by atoms with Crippen LogP contribution >= 0.6 is 11.8 Å². The molecule has 2 aromatic rings. The zero-order chi connectivity index (χ0) is 19.5. The molecule has 9 heteroatoms. The summed E-state index contributed by atoms with van der Waals surface area (Å²) >= 11 is 1.26. The van der Waals surface area contributed by atoms with Gasteiger partial charge in [0.05, 0.1) is 10.8 Å². The molecule has 0 aliphatic heterocycles. The standard InChI is InChI=1S/C17H24N4O4S/c1-16(2,3)14(22)24-9-21-8-20-12-11(21)13(19-7-18-12)26-10-25-15(23)17(4,5)6/h7-8H,9-10H2,1-6H3. The second kappa shape index (κ2) is 7.61. The molecule has 0 spiro atoms. The average molecular weight is 380 g/mol. The molecule has 0 radical (unpaired) electrons. The molecular formula is C17H24N4O4S. The molecular weight excluding hydrogens is 356 g/mol. The van der Waals surface area contributed by atoms with Crippen LogP contribution in [0.5, 0.6) is 0 Å². The van der Waals surface area contributed by atoms with E-state index in [-0.39, 0.29) is 24.6 Å². The summed E-state index contributed by atoms with van der Waals surface area (Å²) in [5.74, 6) is -0.484. The fraction of sp³-hybridized carbons (Fsp3) is 0.588. The van der Waals surface area contributed by atoms with Gasteiger partial charge in [-0.05, 0) is 41.5 Å². The van der Waals surface area contributed by atoms with Gasteiger partial charge in [-0.25, -0.2) is 15.0 Å². The predicted molar refractivity (Wildman–Crippen MR) is 97.1 cm³/mol. The molecule has 0 N–H and O–H groups in total. The second-order valence-corrected chi connectivity index (χ2v) is 8.73. The van der Waals surface area contributed by atoms with Gasteiger partial charge in [0.2, 0.25) is 0 Å². The average Bonchev–Trinajstić information content (AvgIpc) is 2.94. The number of aromatic nitrogens is 4. The van der Waals surface area contributed by atoms with Crippen molar-refractivity contribution in [2.24, 2.45) is 10.8 Å². The Balaban J connectivity index is 2.12. The molecule has 0 saturated heterocycles. The summed E-state index contributed by atoms with van der Waals surface area (Å²) < 4.78 is 12.3. The molecule has 2 aromatic heterocycles. The minimum absolute atomic E-state index is 0.00924. The fourth-order valence-electron chi connectivity index (χ4n) is 1.79. The van der Waals surface area contributed by atoms with E-state index in [2.05, 4.69) is 15.0 Å². The van der Waals surface area contributed by atoms with E-state index in [0.717, 1.165) is 0 Å². The summed E-state index contributed by atoms with van der Waals surface area (Å²) in [4.78, 5) is 36.4. The molecule has 2 heterocycles. The Morgan fingerprint density at radius 1 is 1.00 bits per heavy atom. The van der Waals surface area contributed by atoms with Crippen LogP contribution in [0.3, 0.4) is 0 Å². The van der Waals surface area contributed by atoms with E-state index in [4.69, 9.17) is 9.47 Å². The maximum absolute atomic E-state index is 12.0. The van der Waals surface area contributed by atoms with Crippen molar-refractivity contribution in [3.63, 3.8) is 0 Å². The number of carbonyl (C=O) groups is 2. The minimum Gasteiger partial charge on any atom is -0.454 e. The number of ether oxygens (including phenoxy) is 2. The van der Waals surface area contributed by atoms with E-state index in [1.54, 1.807) is 52.4 Å². The second-order valence-electron chi connectivity index (χ2n) is 7.82. The minimum atomic E-state index is -0.592. The van der Waals surface area contributed by atoms with Gasteiger partial charge < -0.3 is 9.47 Å². The Bertz CT molecular complexity index is 805. The van der Waals surface area contributed by atoms with Crippen LogP contribution in [0.15, 0.2) is 17.7 Å². The SMILES string of the molecule is CC(C)(C)C(=O)OCSc1ncnc2ncn(COC(=O)C(C)(C)C)c12. The van der Waals surface area contributed by atoms with E-state index in [1.165, 1.54) is 18.1 Å². The Hall–Kier alpha value is -2.16. The van der Waals surface area contributed by atoms with E-state index in [0.29, 0.717) is 16.2 Å². The van der Waals surface area contributed by atoms with Crippen molar-refractivity contribution in [2.45, 2.75) is 53.3 Å². The first-order valence-electron chi connectivity index (χ1n) is 8.13. The lowest BCUT2D eigenvalue weighted by Crippen LogP contribution is -2.24. The van der Waals surface area contributed by atoms with Gasteiger partial charge in [-0.3, -0.25) is 14.2 Å². The molecule has 0 aromatic carbocycles. The third-order valence-electron chi connectivity index (χ3n) is 3.32. The smallest absolute Gasteiger partial charge is 0.312 e. The molecule has 0 aliphatic carbocycles. The molecule has 0 bridgehead atoms. The summed E-state index contributed by atoms with van der Waals surface area (Å²) in [5.41, 5.74) is -0.0432. The number of hydrogen-bond donors (Lipinski definition) is 0. The van der Waals surface area contributed by atoms with Gasteiger partial charge in [0, 0.05) is 0 Å². The fourth-order valence-corrected chi connectivity index (χ4v) is 2.53. The number of esters is 2. The van der Waals surface area contributed by atoms with Crippen molar-refractivity contribution >= 4 is 34.9 Å². The van der Waals surface area contributed by atoms with E-state index < -0.39 is 10.8 Å². The van der Waals surface area contributed by atoms with Gasteiger partial charge >= 0.3 is 11.9 Å². The first kappa shape index (κ1) is 20.2. The van der Waals surface area contributed by atoms with E-state index >= 15 is 0 Å². The zero-order valence-corrected chi connectivity index (χ0v) is 16.7. The van der Waals surface area contributed by atoms with E-state index in [1.807, 2.05) is 0 Å². The van der Waals surface area contributed by atoms with Gasteiger partial charge in [0.15, 0.2) is 12.4 Å². The molecule has 2 rings (SSSR count). The molecule has 0 saturated carbocycles. The van der Waals surface area contributed by atoms with Crippen molar-refractivity contribution in [1.82, 2.24) is 19.5 Å². The van der Waals surface area contributed by atoms with Crippen molar-refractivity contribution in [3.05, 3.63) is 12.7 Å². The van der Waals surface area contributed by atoms with Gasteiger partial charge in [0.1, 0.15) is 29.1 Å². The maximum atomic E-state index is 12.0. The quantitative estimate of drug-likeness (QED) is 0.338. The first-order chi connectivity index (χ1) is 12.0. The van der Waals surface area contributed by atoms with Crippen LogP contribution in [-0.4, -0.2) is 37.4 Å². The summed E-state index contributed by atoms with van der Waals surface area (Å²) in [6, 6.07) is 0. The third kappa shape index (κ3) is 4.94. The third-order valence-corrected chi connectivity index (χ3v) is 4.13. The molecule has 142 valence electrons. The summed E-state index contributed by atoms with van der Waals surface area (Å²) in [7, 11) is 0. The van der Waals surface area contributed by atoms with Gasteiger partial charge in [0.25, 0.3) is 0 Å². The Labute approximate surface area is 156 Å². The summed E-state index contributed by atoms with van der Waals surface area (Å²) in [5, 5.41) is 0.598. The van der Waals surface area contributed by atoms with Crippen LogP contribution in [0.2, 0.25) is 0 Å². The lowest BCUT2D eigenvalue weighted by molar-refractivity contribution is -0.156. The number of carbonyl (C=O) groups excluding carboxylic acids is 2. The van der Waals surface area contributed by atoms with Crippen molar-refractivity contribution < 1.29 is 19.1 Å². The highest BCUT2D eigenvalue weighted by Gasteiger charge is 2.24. The molecule has 8 nitrogen and oxygen atoms in total. The highest BCUT2D eigenvalue weighted by atomic mass is 32.2. The molecule has 0 aliphatic rings. The Morgan fingerprint density at radius 2 is 1.62 bits per heavy atom. The lowest BCUT2D eigenvalue weighted by atomic mass is 9.97. The molecule has 0 amide bonds. The molecule has 0 unspecified atom stereocenters. The van der Waals surface area contributed by atoms with Crippen LogP contribution < -0.4 is 0 Å². The van der Waals surface area contributed by atoms with Crippen molar-refractivity contribution in [2.75, 3.05) is 5.94 Å². The molecule has 0 fully saturated rings. The first-order valence-corrected chi connectivity index (χ1v) is 9.12. The van der Waals surface area contributed by atoms with Gasteiger partial charge in [-0.1, -0.05) is 11.8 Å². The van der Waals surface area contributed by atoms with E-state index in [9.17, 15) is 9.59 Å². The van der Waals surface area contributed by atoms with Crippen molar-refractivity contribution in [1.29, 1.82) is 0 Å². The lowest BCUT2D eigenvalue weighted by Gasteiger charge is -2.17. The summed E-state index contributed by atoms with van der Waals surface area (Å²) in [6.45, 7) is 10.7. The highest BCUT2D eigenvalue weighted by molar-refractivity contribution is 7.99. The van der Waals surface area contributed by atoms with Crippen LogP contribution in [0.25, 0.3) is 11.2 Å². The number of thioether (sulfide) groups is 1. The normalized spacial score (nSPS) is 12.2. The highest BCUT2D eigenvalue weighted by Crippen LogP contribution is 2.26. The van der Waals surface area contributed by atoms with Crippen LogP contribution in [0.1, 0.15) is 41.5 Å². The molecule has 0 atom stereocenters. The number of nitrogens with zero attached hydrogens (tertiary/aromatic N) is 4.